The Labute approximate surface area is 79.1 Å². The maximum Gasteiger partial charge on any atom is 0.0807 e. The third-order valence-electron chi connectivity index (χ3n) is 1.59. The van der Waals surface area contributed by atoms with Crippen LogP contribution in [0.2, 0.25) is 0 Å². The lowest BCUT2D eigenvalue weighted by atomic mass is 10.4. The second-order valence-corrected chi connectivity index (χ2v) is 3.09. The highest BCUT2D eigenvalue weighted by molar-refractivity contribution is 5.76. The van der Waals surface area contributed by atoms with Crippen LogP contribution in [0, 0.1) is 0 Å². The van der Waals surface area contributed by atoms with Crippen molar-refractivity contribution in [2.75, 3.05) is 27.2 Å². The second-order valence-electron chi connectivity index (χ2n) is 3.09. The molecule has 0 saturated heterocycles. The van der Waals surface area contributed by atoms with Gasteiger partial charge in [-0.05, 0) is 26.2 Å². The van der Waals surface area contributed by atoms with E-state index in [9.17, 15) is 0 Å². The first-order valence-electron chi connectivity index (χ1n) is 4.34. The van der Waals surface area contributed by atoms with Gasteiger partial charge < -0.3 is 4.90 Å². The summed E-state index contributed by atoms with van der Waals surface area (Å²) >= 11 is 0. The fraction of sp³-hybridized carbons (Fsp3) is 0.400. The molecule has 13 heavy (non-hydrogen) atoms. The molecule has 1 rings (SSSR count). The van der Waals surface area contributed by atoms with Crippen molar-refractivity contribution in [2.45, 2.75) is 0 Å². The molecule has 0 fully saturated rings. The van der Waals surface area contributed by atoms with Crippen molar-refractivity contribution in [1.29, 1.82) is 0 Å². The molecule has 3 nitrogen and oxygen atoms in total. The van der Waals surface area contributed by atoms with Crippen LogP contribution < -0.4 is 0 Å². The Balaban J connectivity index is 2.33. The normalized spacial score (nSPS) is 11.3. The van der Waals surface area contributed by atoms with Gasteiger partial charge in [-0.1, -0.05) is 6.07 Å². The summed E-state index contributed by atoms with van der Waals surface area (Å²) < 4.78 is 0. The van der Waals surface area contributed by atoms with Crippen LogP contribution in [0.1, 0.15) is 5.69 Å². The van der Waals surface area contributed by atoms with Crippen LogP contribution in [0.5, 0.6) is 0 Å². The summed E-state index contributed by atoms with van der Waals surface area (Å²) in [4.78, 5) is 10.5. The Morgan fingerprint density at radius 3 is 2.92 bits per heavy atom. The van der Waals surface area contributed by atoms with Crippen LogP contribution in [0.3, 0.4) is 0 Å². The fourth-order valence-electron chi connectivity index (χ4n) is 0.868. The van der Waals surface area contributed by atoms with Gasteiger partial charge in [-0.25, -0.2) is 0 Å². The summed E-state index contributed by atoms with van der Waals surface area (Å²) in [5.74, 6) is 0. The minimum absolute atomic E-state index is 0.823. The molecule has 0 aliphatic heterocycles. The van der Waals surface area contributed by atoms with Crippen molar-refractivity contribution in [3.63, 3.8) is 0 Å². The summed E-state index contributed by atoms with van der Waals surface area (Å²) in [6, 6.07) is 5.80. The zero-order chi connectivity index (χ0) is 9.52. The number of rotatable bonds is 4. The van der Waals surface area contributed by atoms with Crippen LogP contribution in [0.15, 0.2) is 29.4 Å². The van der Waals surface area contributed by atoms with E-state index in [4.69, 9.17) is 0 Å². The minimum atomic E-state index is 0.823. The maximum atomic E-state index is 4.25. The lowest BCUT2D eigenvalue weighted by Gasteiger charge is -2.04. The molecule has 0 radical (unpaired) electrons. The number of pyridine rings is 1. The average molecular weight is 177 g/mol. The quantitative estimate of drug-likeness (QED) is 0.643. The van der Waals surface area contributed by atoms with E-state index in [0.29, 0.717) is 0 Å². The zero-order valence-corrected chi connectivity index (χ0v) is 8.14. The molecule has 0 N–H and O–H groups in total. The molecule has 0 aliphatic rings. The molecule has 3 heteroatoms. The van der Waals surface area contributed by atoms with Gasteiger partial charge in [0.2, 0.25) is 0 Å². The van der Waals surface area contributed by atoms with Gasteiger partial charge in [-0.3, -0.25) is 9.98 Å². The number of hydrogen-bond donors (Lipinski definition) is 0. The lowest BCUT2D eigenvalue weighted by molar-refractivity contribution is 0.421. The Bertz CT molecular complexity index is 254. The van der Waals surface area contributed by atoms with Crippen LogP contribution in [0.4, 0.5) is 0 Å². The molecule has 1 aromatic rings. The number of aliphatic imine (C=N–C) groups is 1. The molecule has 0 saturated carbocycles. The van der Waals surface area contributed by atoms with Gasteiger partial charge in [0.15, 0.2) is 0 Å². The summed E-state index contributed by atoms with van der Waals surface area (Å²) in [7, 11) is 4.08. The molecule has 0 spiro atoms. The van der Waals surface area contributed by atoms with E-state index in [1.165, 1.54) is 0 Å². The number of hydrogen-bond acceptors (Lipinski definition) is 3. The Hall–Kier alpha value is -1.22. The van der Waals surface area contributed by atoms with Crippen LogP contribution >= 0.6 is 0 Å². The van der Waals surface area contributed by atoms with E-state index < -0.39 is 0 Å². The third kappa shape index (κ3) is 4.38. The molecule has 0 atom stereocenters. The van der Waals surface area contributed by atoms with Crippen LogP contribution in [-0.2, 0) is 0 Å². The highest BCUT2D eigenvalue weighted by atomic mass is 15.1. The van der Waals surface area contributed by atoms with Crippen LogP contribution in [0.25, 0.3) is 0 Å². The first-order chi connectivity index (χ1) is 6.29. The van der Waals surface area contributed by atoms with Gasteiger partial charge in [-0.15, -0.1) is 0 Å². The van der Waals surface area contributed by atoms with Crippen molar-refractivity contribution in [3.05, 3.63) is 30.1 Å². The highest BCUT2D eigenvalue weighted by Crippen LogP contribution is 1.88. The Morgan fingerprint density at radius 1 is 1.46 bits per heavy atom. The molecular formula is C10H15N3. The number of likely N-dealkylation sites (N-methyl/N-ethyl adjacent to an activating group) is 1. The van der Waals surface area contributed by atoms with Gasteiger partial charge in [0.05, 0.1) is 12.2 Å². The third-order valence-corrected chi connectivity index (χ3v) is 1.59. The van der Waals surface area contributed by atoms with Crippen molar-refractivity contribution in [3.8, 4) is 0 Å². The summed E-state index contributed by atoms with van der Waals surface area (Å²) in [6.07, 6.45) is 3.58. The monoisotopic (exact) mass is 177 g/mol. The highest BCUT2D eigenvalue weighted by Gasteiger charge is 1.87. The fourth-order valence-corrected chi connectivity index (χ4v) is 0.868. The summed E-state index contributed by atoms with van der Waals surface area (Å²) in [5.41, 5.74) is 0.918. The van der Waals surface area contributed by atoms with Crippen molar-refractivity contribution in [2.24, 2.45) is 4.99 Å². The van der Waals surface area contributed by atoms with Crippen molar-refractivity contribution >= 4 is 6.21 Å². The molecule has 70 valence electrons. The predicted octanol–water partition coefficient (Wildman–Crippen LogP) is 1.06. The van der Waals surface area contributed by atoms with Gasteiger partial charge in [0.1, 0.15) is 0 Å². The SMILES string of the molecule is CN(C)CC/N=C\c1ccccn1. The zero-order valence-electron chi connectivity index (χ0n) is 8.14. The maximum absolute atomic E-state index is 4.25. The first kappa shape index (κ1) is 9.86. The Morgan fingerprint density at radius 2 is 2.31 bits per heavy atom. The molecule has 0 aromatic carbocycles. The Kier molecular flexibility index (Phi) is 4.12. The predicted molar refractivity (Wildman–Crippen MR) is 55.3 cm³/mol. The van der Waals surface area contributed by atoms with Crippen molar-refractivity contribution in [1.82, 2.24) is 9.88 Å². The van der Waals surface area contributed by atoms with Gasteiger partial charge >= 0.3 is 0 Å². The molecular weight excluding hydrogens is 162 g/mol. The average Bonchev–Trinajstić information content (AvgIpc) is 2.14. The first-order valence-corrected chi connectivity index (χ1v) is 4.34. The standard InChI is InChI=1S/C10H15N3/c1-13(2)8-7-11-9-10-5-3-4-6-12-10/h3-6,9H,7-8H2,1-2H3/b11-9-. The van der Waals surface area contributed by atoms with E-state index in [0.717, 1.165) is 18.8 Å². The largest absolute Gasteiger partial charge is 0.308 e. The molecule has 0 aliphatic carbocycles. The van der Waals surface area contributed by atoms with Gasteiger partial charge in [-0.2, -0.15) is 0 Å². The number of nitrogens with zero attached hydrogens (tertiary/aromatic N) is 3. The van der Waals surface area contributed by atoms with E-state index >= 15 is 0 Å². The van der Waals surface area contributed by atoms with Gasteiger partial charge in [0, 0.05) is 19.0 Å². The van der Waals surface area contributed by atoms with Crippen LogP contribution in [-0.4, -0.2) is 43.3 Å². The van der Waals surface area contributed by atoms with E-state index in [-0.39, 0.29) is 0 Å². The molecule has 0 unspecified atom stereocenters. The summed E-state index contributed by atoms with van der Waals surface area (Å²) in [6.45, 7) is 1.80. The lowest BCUT2D eigenvalue weighted by Crippen LogP contribution is -2.15. The molecule has 0 amide bonds. The minimum Gasteiger partial charge on any atom is -0.308 e. The second kappa shape index (κ2) is 5.43. The van der Waals surface area contributed by atoms with E-state index in [1.807, 2.05) is 38.5 Å². The van der Waals surface area contributed by atoms with Crippen molar-refractivity contribution < 1.29 is 0 Å². The van der Waals surface area contributed by atoms with Gasteiger partial charge in [0.25, 0.3) is 0 Å². The topological polar surface area (TPSA) is 28.5 Å². The van der Waals surface area contributed by atoms with E-state index in [2.05, 4.69) is 14.9 Å². The molecule has 1 heterocycles. The molecule has 1 aromatic heterocycles. The summed E-state index contributed by atoms with van der Waals surface area (Å²) in [5, 5.41) is 0. The molecule has 0 bridgehead atoms. The smallest absolute Gasteiger partial charge is 0.0807 e. The van der Waals surface area contributed by atoms with E-state index in [1.54, 1.807) is 6.20 Å². The number of aromatic nitrogens is 1.